The molecule has 2 aromatic rings. The molecule has 0 saturated heterocycles. The summed E-state index contributed by atoms with van der Waals surface area (Å²) < 4.78 is 38.8. The van der Waals surface area contributed by atoms with Gasteiger partial charge >= 0.3 is 6.18 Å². The number of hydrogen-bond donors (Lipinski definition) is 0. The number of nitro groups is 1. The van der Waals surface area contributed by atoms with E-state index in [1.807, 2.05) is 0 Å². The van der Waals surface area contributed by atoms with Gasteiger partial charge in [0.15, 0.2) is 5.69 Å². The van der Waals surface area contributed by atoms with Crippen molar-refractivity contribution in [3.8, 4) is 11.3 Å². The third-order valence-electron chi connectivity index (χ3n) is 2.87. The molecule has 0 radical (unpaired) electrons. The van der Waals surface area contributed by atoms with Gasteiger partial charge in [-0.3, -0.25) is 14.8 Å². The van der Waals surface area contributed by atoms with Gasteiger partial charge in [-0.1, -0.05) is 12.1 Å². The van der Waals surface area contributed by atoms with E-state index in [0.717, 1.165) is 10.7 Å². The van der Waals surface area contributed by atoms with Crippen molar-refractivity contribution in [1.82, 2.24) is 9.78 Å². The van der Waals surface area contributed by atoms with Gasteiger partial charge < -0.3 is 0 Å². The van der Waals surface area contributed by atoms with E-state index in [4.69, 9.17) is 0 Å². The first-order valence-corrected chi connectivity index (χ1v) is 5.57. The van der Waals surface area contributed by atoms with Crippen molar-refractivity contribution in [2.45, 2.75) is 13.1 Å². The summed E-state index contributed by atoms with van der Waals surface area (Å²) in [7, 11) is 1.36. The van der Waals surface area contributed by atoms with Crippen LogP contribution in [0.5, 0.6) is 0 Å². The van der Waals surface area contributed by atoms with Crippen molar-refractivity contribution in [2.24, 2.45) is 7.05 Å². The monoisotopic (exact) mass is 285 g/mol. The molecule has 8 heteroatoms. The Bertz CT molecular complexity index is 677. The van der Waals surface area contributed by atoms with Gasteiger partial charge in [0.1, 0.15) is 0 Å². The van der Waals surface area contributed by atoms with Crippen molar-refractivity contribution in [2.75, 3.05) is 0 Å². The molecular formula is C12H10F3N3O2. The van der Waals surface area contributed by atoms with Crippen LogP contribution < -0.4 is 0 Å². The Morgan fingerprint density at radius 1 is 1.30 bits per heavy atom. The Balaban J connectivity index is 2.55. The third kappa shape index (κ3) is 2.49. The van der Waals surface area contributed by atoms with Crippen LogP contribution in [0.15, 0.2) is 24.3 Å². The second-order valence-electron chi connectivity index (χ2n) is 4.29. The lowest BCUT2D eigenvalue weighted by atomic mass is 10.1. The van der Waals surface area contributed by atoms with Crippen molar-refractivity contribution < 1.29 is 18.1 Å². The number of nitro benzene ring substituents is 1. The number of benzene rings is 1. The fourth-order valence-electron chi connectivity index (χ4n) is 1.84. The maximum absolute atomic E-state index is 12.6. The van der Waals surface area contributed by atoms with Gasteiger partial charge in [0.05, 0.1) is 10.6 Å². The molecule has 0 unspecified atom stereocenters. The first-order valence-electron chi connectivity index (χ1n) is 5.57. The molecule has 0 aliphatic rings. The Morgan fingerprint density at radius 2 is 1.95 bits per heavy atom. The van der Waals surface area contributed by atoms with Crippen molar-refractivity contribution in [3.63, 3.8) is 0 Å². The highest BCUT2D eigenvalue weighted by atomic mass is 19.4. The minimum atomic E-state index is -4.55. The van der Waals surface area contributed by atoms with Gasteiger partial charge in [-0.15, -0.1) is 0 Å². The van der Waals surface area contributed by atoms with Crippen LogP contribution in [0, 0.1) is 17.0 Å². The highest BCUT2D eigenvalue weighted by molar-refractivity contribution is 5.65. The van der Waals surface area contributed by atoms with Crippen molar-refractivity contribution in [3.05, 3.63) is 45.6 Å². The number of halogens is 3. The minimum Gasteiger partial charge on any atom is -0.267 e. The molecule has 5 nitrogen and oxygen atoms in total. The Labute approximate surface area is 111 Å². The van der Waals surface area contributed by atoms with Crippen molar-refractivity contribution >= 4 is 5.69 Å². The number of rotatable bonds is 2. The maximum Gasteiger partial charge on any atom is 0.435 e. The zero-order chi connectivity index (χ0) is 15.1. The van der Waals surface area contributed by atoms with Gasteiger partial charge in [-0.25, -0.2) is 0 Å². The maximum atomic E-state index is 12.6. The van der Waals surface area contributed by atoms with E-state index < -0.39 is 16.8 Å². The summed E-state index contributed by atoms with van der Waals surface area (Å²) in [6, 6.07) is 5.13. The van der Waals surface area contributed by atoms with E-state index in [0.29, 0.717) is 11.1 Å². The van der Waals surface area contributed by atoms with Crippen LogP contribution in [0.2, 0.25) is 0 Å². The second kappa shape index (κ2) is 4.62. The molecule has 0 spiro atoms. The molecule has 1 aromatic carbocycles. The topological polar surface area (TPSA) is 61.0 Å². The number of aryl methyl sites for hydroxylation is 2. The van der Waals surface area contributed by atoms with E-state index in [-0.39, 0.29) is 11.4 Å². The first-order chi connectivity index (χ1) is 9.20. The predicted molar refractivity (Wildman–Crippen MR) is 65.0 cm³/mol. The zero-order valence-corrected chi connectivity index (χ0v) is 10.6. The van der Waals surface area contributed by atoms with E-state index in [2.05, 4.69) is 5.10 Å². The molecule has 1 aromatic heterocycles. The molecule has 0 aliphatic carbocycles. The first kappa shape index (κ1) is 14.0. The number of aromatic nitrogens is 2. The molecule has 0 aliphatic heterocycles. The molecule has 0 N–H and O–H groups in total. The van der Waals surface area contributed by atoms with Crippen LogP contribution in [0.4, 0.5) is 18.9 Å². The molecular weight excluding hydrogens is 275 g/mol. The van der Waals surface area contributed by atoms with E-state index in [1.165, 1.54) is 25.2 Å². The summed E-state index contributed by atoms with van der Waals surface area (Å²) in [5.74, 6) is 0. The van der Waals surface area contributed by atoms with Gasteiger partial charge in [-0.2, -0.15) is 18.3 Å². The number of alkyl halides is 3. The molecule has 20 heavy (non-hydrogen) atoms. The van der Waals surface area contributed by atoms with Gasteiger partial charge in [0.25, 0.3) is 5.69 Å². The van der Waals surface area contributed by atoms with Crippen LogP contribution in [-0.2, 0) is 13.2 Å². The van der Waals surface area contributed by atoms with Gasteiger partial charge in [-0.05, 0) is 13.0 Å². The largest absolute Gasteiger partial charge is 0.435 e. The average Bonchev–Trinajstić information content (AvgIpc) is 2.71. The Kier molecular flexibility index (Phi) is 3.24. The Morgan fingerprint density at radius 3 is 2.45 bits per heavy atom. The molecule has 106 valence electrons. The predicted octanol–water partition coefficient (Wildman–Crippen LogP) is 3.32. The van der Waals surface area contributed by atoms with Gasteiger partial charge in [0.2, 0.25) is 0 Å². The van der Waals surface area contributed by atoms with Crippen LogP contribution in [-0.4, -0.2) is 14.7 Å². The molecule has 0 fully saturated rings. The summed E-state index contributed by atoms with van der Waals surface area (Å²) >= 11 is 0. The summed E-state index contributed by atoms with van der Waals surface area (Å²) in [6.45, 7) is 1.56. The summed E-state index contributed by atoms with van der Waals surface area (Å²) in [5.41, 5.74) is -0.249. The average molecular weight is 285 g/mol. The lowest BCUT2D eigenvalue weighted by Gasteiger charge is -2.03. The van der Waals surface area contributed by atoms with Crippen molar-refractivity contribution in [1.29, 1.82) is 0 Å². The summed E-state index contributed by atoms with van der Waals surface area (Å²) in [4.78, 5) is 10.3. The van der Waals surface area contributed by atoms with Crippen LogP contribution >= 0.6 is 0 Å². The lowest BCUT2D eigenvalue weighted by Crippen LogP contribution is -2.06. The molecule has 0 atom stereocenters. The fourth-order valence-corrected chi connectivity index (χ4v) is 1.84. The van der Waals surface area contributed by atoms with E-state index in [9.17, 15) is 23.3 Å². The zero-order valence-electron chi connectivity index (χ0n) is 10.6. The Hall–Kier alpha value is -2.38. The second-order valence-corrected chi connectivity index (χ2v) is 4.29. The standard InChI is InChI=1S/C12H10F3N3O2/c1-7-3-4-8(5-9(7)18(19)20)10-6-11(12(13,14)15)16-17(10)2/h3-6H,1-2H3. The van der Waals surface area contributed by atoms with Crippen LogP contribution in [0.3, 0.4) is 0 Å². The third-order valence-corrected chi connectivity index (χ3v) is 2.87. The fraction of sp³-hybridized carbons (Fsp3) is 0.250. The molecule has 2 rings (SSSR count). The molecule has 0 saturated carbocycles. The molecule has 0 amide bonds. The smallest absolute Gasteiger partial charge is 0.267 e. The quantitative estimate of drug-likeness (QED) is 0.628. The van der Waals surface area contributed by atoms with E-state index >= 15 is 0 Å². The summed E-state index contributed by atoms with van der Waals surface area (Å²) in [5, 5.41) is 14.2. The minimum absolute atomic E-state index is 0.141. The highest BCUT2D eigenvalue weighted by Crippen LogP contribution is 2.32. The van der Waals surface area contributed by atoms with Gasteiger partial charge in [0, 0.05) is 24.2 Å². The van der Waals surface area contributed by atoms with E-state index in [1.54, 1.807) is 6.92 Å². The van der Waals surface area contributed by atoms with Crippen LogP contribution in [0.25, 0.3) is 11.3 Å². The SMILES string of the molecule is Cc1ccc(-c2cc(C(F)(F)F)nn2C)cc1[N+](=O)[O-]. The summed E-state index contributed by atoms with van der Waals surface area (Å²) in [6.07, 6.45) is -4.55. The highest BCUT2D eigenvalue weighted by Gasteiger charge is 2.34. The number of hydrogen-bond acceptors (Lipinski definition) is 3. The van der Waals surface area contributed by atoms with Crippen LogP contribution in [0.1, 0.15) is 11.3 Å². The number of nitrogens with zero attached hydrogens (tertiary/aromatic N) is 3. The molecule has 1 heterocycles. The lowest BCUT2D eigenvalue weighted by molar-refractivity contribution is -0.385. The normalized spacial score (nSPS) is 11.7. The molecule has 0 bridgehead atoms.